The SMILES string of the molecule is C=C(CCC(C)C1(OC2OC(CO)C(O)C(O)C2O)CC=C2C3=C(CC(O)C21C)C1(C)CCC(O)C(C)(C)C1CC3)C(C)C. The van der Waals surface area contributed by atoms with E-state index in [1.165, 1.54) is 11.1 Å². The molecule has 0 aromatic heterocycles. The van der Waals surface area contributed by atoms with Crippen LogP contribution in [0.3, 0.4) is 0 Å². The lowest BCUT2D eigenvalue weighted by Gasteiger charge is -2.61. The van der Waals surface area contributed by atoms with Crippen molar-refractivity contribution in [2.24, 2.45) is 34.0 Å². The van der Waals surface area contributed by atoms with Gasteiger partial charge in [-0.3, -0.25) is 0 Å². The first-order valence-electron chi connectivity index (χ1n) is 16.9. The van der Waals surface area contributed by atoms with E-state index in [1.54, 1.807) is 0 Å². The maximum absolute atomic E-state index is 12.3. The zero-order chi connectivity index (χ0) is 32.6. The summed E-state index contributed by atoms with van der Waals surface area (Å²) in [7, 11) is 0. The standard InChI is InChI=1S/C36H58O8/c1-19(2)20(3)9-10-21(4)36(44-32-31(42)30(41)29(40)25(18-37)43-32)16-13-23-22-11-12-26-33(5,6)27(38)14-15-34(26,7)24(22)17-28(39)35(23,36)8/h13,19,21,25-32,37-42H,3,9-12,14-18H2,1-2,4-8H3. The molecule has 5 aliphatic rings. The third-order valence-electron chi connectivity index (χ3n) is 13.3. The van der Waals surface area contributed by atoms with Crippen LogP contribution >= 0.6 is 0 Å². The smallest absolute Gasteiger partial charge is 0.187 e. The van der Waals surface area contributed by atoms with Gasteiger partial charge in [-0.2, -0.15) is 0 Å². The Hall–Kier alpha value is -1.10. The van der Waals surface area contributed by atoms with Gasteiger partial charge in [-0.25, -0.2) is 0 Å². The molecule has 12 unspecified atom stereocenters. The molecule has 250 valence electrons. The summed E-state index contributed by atoms with van der Waals surface area (Å²) >= 11 is 0. The minimum Gasteiger partial charge on any atom is -0.394 e. The van der Waals surface area contributed by atoms with E-state index < -0.39 is 54.4 Å². The van der Waals surface area contributed by atoms with Gasteiger partial charge in [0.25, 0.3) is 0 Å². The molecule has 0 spiro atoms. The van der Waals surface area contributed by atoms with Gasteiger partial charge in [0.05, 0.1) is 24.4 Å². The zero-order valence-corrected chi connectivity index (χ0v) is 27.9. The van der Waals surface area contributed by atoms with E-state index in [2.05, 4.69) is 61.1 Å². The lowest BCUT2D eigenvalue weighted by Crippen LogP contribution is -2.65. The lowest BCUT2D eigenvalue weighted by molar-refractivity contribution is -0.347. The third kappa shape index (κ3) is 4.93. The van der Waals surface area contributed by atoms with Crippen LogP contribution in [-0.4, -0.2) is 85.8 Å². The van der Waals surface area contributed by atoms with Gasteiger partial charge in [-0.1, -0.05) is 72.3 Å². The Labute approximate surface area is 263 Å². The van der Waals surface area contributed by atoms with Crippen molar-refractivity contribution in [2.45, 2.75) is 148 Å². The van der Waals surface area contributed by atoms with Crippen molar-refractivity contribution >= 4 is 0 Å². The molecule has 12 atom stereocenters. The van der Waals surface area contributed by atoms with Crippen LogP contribution in [0.25, 0.3) is 0 Å². The van der Waals surface area contributed by atoms with Gasteiger partial charge in [-0.15, -0.1) is 0 Å². The number of rotatable bonds is 8. The number of ether oxygens (including phenoxy) is 2. The zero-order valence-electron chi connectivity index (χ0n) is 27.9. The van der Waals surface area contributed by atoms with Gasteiger partial charge >= 0.3 is 0 Å². The molecule has 0 aromatic carbocycles. The molecule has 1 heterocycles. The minimum atomic E-state index is -1.55. The van der Waals surface area contributed by atoms with E-state index in [9.17, 15) is 30.6 Å². The Morgan fingerprint density at radius 2 is 1.68 bits per heavy atom. The van der Waals surface area contributed by atoms with Gasteiger partial charge in [0.1, 0.15) is 24.4 Å². The van der Waals surface area contributed by atoms with Crippen LogP contribution in [0.15, 0.2) is 34.9 Å². The summed E-state index contributed by atoms with van der Waals surface area (Å²) in [6.07, 6.45) is 0.146. The van der Waals surface area contributed by atoms with E-state index in [-0.39, 0.29) is 22.9 Å². The van der Waals surface area contributed by atoms with Gasteiger partial charge < -0.3 is 40.1 Å². The van der Waals surface area contributed by atoms with Crippen molar-refractivity contribution in [2.75, 3.05) is 6.61 Å². The van der Waals surface area contributed by atoms with E-state index in [0.717, 1.165) is 49.7 Å². The Morgan fingerprint density at radius 1 is 1.00 bits per heavy atom. The van der Waals surface area contributed by atoms with Gasteiger partial charge in [0, 0.05) is 5.41 Å². The third-order valence-corrected chi connectivity index (χ3v) is 13.3. The number of hydrogen-bond donors (Lipinski definition) is 6. The molecule has 0 bridgehead atoms. The van der Waals surface area contributed by atoms with Crippen LogP contribution in [0.2, 0.25) is 0 Å². The van der Waals surface area contributed by atoms with E-state index in [0.29, 0.717) is 24.7 Å². The molecule has 5 rings (SSSR count). The fourth-order valence-corrected chi connectivity index (χ4v) is 10.0. The van der Waals surface area contributed by atoms with E-state index in [4.69, 9.17) is 9.47 Å². The summed E-state index contributed by atoms with van der Waals surface area (Å²) in [6, 6.07) is 0. The van der Waals surface area contributed by atoms with Crippen LogP contribution < -0.4 is 0 Å². The highest BCUT2D eigenvalue weighted by molar-refractivity contribution is 5.53. The molecule has 4 aliphatic carbocycles. The molecule has 0 radical (unpaired) electrons. The molecule has 2 fully saturated rings. The van der Waals surface area contributed by atoms with E-state index >= 15 is 0 Å². The second kappa shape index (κ2) is 11.9. The van der Waals surface area contributed by atoms with Crippen molar-refractivity contribution in [3.8, 4) is 0 Å². The normalized spacial score (nSPS) is 45.8. The Bertz CT molecular complexity index is 1170. The summed E-state index contributed by atoms with van der Waals surface area (Å²) in [5, 5.41) is 65.3. The summed E-state index contributed by atoms with van der Waals surface area (Å²) in [4.78, 5) is 0. The summed E-state index contributed by atoms with van der Waals surface area (Å²) in [5.41, 5.74) is 2.69. The summed E-state index contributed by atoms with van der Waals surface area (Å²) in [6.45, 7) is 18.9. The molecular formula is C36H58O8. The average molecular weight is 619 g/mol. The molecule has 0 aromatic rings. The van der Waals surface area contributed by atoms with Crippen molar-refractivity contribution in [1.29, 1.82) is 0 Å². The minimum absolute atomic E-state index is 0.100. The fourth-order valence-electron chi connectivity index (χ4n) is 10.0. The van der Waals surface area contributed by atoms with Crippen molar-refractivity contribution in [3.05, 3.63) is 34.9 Å². The van der Waals surface area contributed by atoms with Crippen molar-refractivity contribution in [3.63, 3.8) is 0 Å². The number of fused-ring (bicyclic) bond motifs is 4. The summed E-state index contributed by atoms with van der Waals surface area (Å²) < 4.78 is 12.8. The Kier molecular flexibility index (Phi) is 9.22. The average Bonchev–Trinajstić information content (AvgIpc) is 3.28. The van der Waals surface area contributed by atoms with Gasteiger partial charge in [0.15, 0.2) is 6.29 Å². The molecule has 0 amide bonds. The van der Waals surface area contributed by atoms with Crippen molar-refractivity contribution < 1.29 is 40.1 Å². The predicted octanol–water partition coefficient (Wildman–Crippen LogP) is 4.17. The molecular weight excluding hydrogens is 560 g/mol. The van der Waals surface area contributed by atoms with Gasteiger partial charge in [0.2, 0.25) is 0 Å². The van der Waals surface area contributed by atoms with Crippen molar-refractivity contribution in [1.82, 2.24) is 0 Å². The largest absolute Gasteiger partial charge is 0.394 e. The quantitative estimate of drug-likeness (QED) is 0.223. The molecule has 1 saturated carbocycles. The highest BCUT2D eigenvalue weighted by Crippen LogP contribution is 2.68. The highest BCUT2D eigenvalue weighted by atomic mass is 16.7. The van der Waals surface area contributed by atoms with E-state index in [1.807, 2.05) is 0 Å². The highest BCUT2D eigenvalue weighted by Gasteiger charge is 2.66. The second-order valence-corrected chi connectivity index (χ2v) is 16.0. The van der Waals surface area contributed by atoms with Crippen LogP contribution in [0.5, 0.6) is 0 Å². The number of aliphatic hydroxyl groups excluding tert-OH is 6. The molecule has 44 heavy (non-hydrogen) atoms. The number of aliphatic hydroxyl groups is 6. The molecule has 1 aliphatic heterocycles. The van der Waals surface area contributed by atoms with Crippen LogP contribution in [-0.2, 0) is 9.47 Å². The molecule has 1 saturated heterocycles. The lowest BCUT2D eigenvalue weighted by atomic mass is 9.45. The maximum atomic E-state index is 12.3. The first kappa shape index (κ1) is 34.2. The Morgan fingerprint density at radius 3 is 2.32 bits per heavy atom. The first-order chi connectivity index (χ1) is 20.5. The predicted molar refractivity (Wildman–Crippen MR) is 168 cm³/mol. The number of allylic oxidation sites excluding steroid dienone is 2. The topological polar surface area (TPSA) is 140 Å². The summed E-state index contributed by atoms with van der Waals surface area (Å²) in [5.74, 6) is 0.545. The molecule has 8 heteroatoms. The van der Waals surface area contributed by atoms with Crippen LogP contribution in [0.1, 0.15) is 99.8 Å². The first-order valence-corrected chi connectivity index (χ1v) is 16.9. The number of hydrogen-bond acceptors (Lipinski definition) is 8. The Balaban J connectivity index is 1.56. The second-order valence-electron chi connectivity index (χ2n) is 16.0. The van der Waals surface area contributed by atoms with Gasteiger partial charge in [-0.05, 0) is 91.1 Å². The fraction of sp³-hybridized carbons (Fsp3) is 0.833. The van der Waals surface area contributed by atoms with Crippen LogP contribution in [0, 0.1) is 34.0 Å². The monoisotopic (exact) mass is 618 g/mol. The molecule has 6 N–H and O–H groups in total. The maximum Gasteiger partial charge on any atom is 0.187 e. The molecule has 8 nitrogen and oxygen atoms in total. The van der Waals surface area contributed by atoms with Crippen LogP contribution in [0.4, 0.5) is 0 Å².